The maximum atomic E-state index is 13.1. The fraction of sp³-hybridized carbons (Fsp3) is 0.476. The van der Waals surface area contributed by atoms with Gasteiger partial charge >= 0.3 is 6.03 Å². The zero-order valence-electron chi connectivity index (χ0n) is 17.0. The normalized spacial score (nSPS) is 33.0. The van der Waals surface area contributed by atoms with Gasteiger partial charge in [-0.1, -0.05) is 23.9 Å². The Morgan fingerprint density at radius 1 is 1.20 bits per heavy atom. The number of hydrogen-bond donors (Lipinski definition) is 1. The van der Waals surface area contributed by atoms with Crippen LogP contribution in [0.15, 0.2) is 41.5 Å². The summed E-state index contributed by atoms with van der Waals surface area (Å²) in [5.74, 6) is 0. The van der Waals surface area contributed by atoms with Crippen molar-refractivity contribution >= 4 is 47.2 Å². The minimum atomic E-state index is -0.727. The van der Waals surface area contributed by atoms with Crippen molar-refractivity contribution < 1.29 is 14.1 Å². The Morgan fingerprint density at radius 2 is 1.93 bits per heavy atom. The van der Waals surface area contributed by atoms with Gasteiger partial charge in [0.1, 0.15) is 18.0 Å². The summed E-state index contributed by atoms with van der Waals surface area (Å²) in [6.07, 6.45) is 5.80. The van der Waals surface area contributed by atoms with Gasteiger partial charge in [-0.15, -0.1) is 12.4 Å². The van der Waals surface area contributed by atoms with Crippen molar-refractivity contribution in [2.75, 3.05) is 44.7 Å². The van der Waals surface area contributed by atoms with Crippen molar-refractivity contribution in [3.63, 3.8) is 0 Å². The number of hydrogen-bond acceptors (Lipinski definition) is 6. The molecule has 4 heterocycles. The second-order valence-electron chi connectivity index (χ2n) is 8.32. The molecular weight excluding hydrogens is 422 g/mol. The molecule has 4 aliphatic rings. The van der Waals surface area contributed by atoms with Crippen LogP contribution in [-0.2, 0) is 11.3 Å². The number of anilines is 1. The summed E-state index contributed by atoms with van der Waals surface area (Å²) in [6.45, 7) is 5.18. The van der Waals surface area contributed by atoms with Gasteiger partial charge in [-0.25, -0.2) is 9.79 Å². The van der Waals surface area contributed by atoms with E-state index in [0.29, 0.717) is 19.5 Å². The molecule has 0 saturated carbocycles. The van der Waals surface area contributed by atoms with Crippen LogP contribution in [0, 0.1) is 0 Å². The van der Waals surface area contributed by atoms with Crippen LogP contribution in [0.5, 0.6) is 0 Å². The number of quaternary nitrogens is 1. The highest BCUT2D eigenvalue weighted by molar-refractivity contribution is 8.14. The molecule has 5 rings (SSSR count). The van der Waals surface area contributed by atoms with E-state index >= 15 is 0 Å². The van der Waals surface area contributed by atoms with Crippen LogP contribution < -0.4 is 10.2 Å². The molecule has 3 fully saturated rings. The van der Waals surface area contributed by atoms with Crippen LogP contribution in [0.2, 0.25) is 0 Å². The molecule has 3 unspecified atom stereocenters. The molecule has 0 bridgehead atoms. The van der Waals surface area contributed by atoms with Gasteiger partial charge in [-0.3, -0.25) is 4.79 Å². The molecule has 3 atom stereocenters. The van der Waals surface area contributed by atoms with Gasteiger partial charge < -0.3 is 15.1 Å². The van der Waals surface area contributed by atoms with E-state index in [1.54, 1.807) is 6.21 Å². The number of thioether (sulfide) groups is 1. The number of allylic oxidation sites excluding steroid dienone is 1. The smallest absolute Gasteiger partial charge is 0.369 e. The van der Waals surface area contributed by atoms with Crippen molar-refractivity contribution in [1.82, 2.24) is 10.2 Å². The maximum absolute atomic E-state index is 13.1. The number of nitrogens with one attached hydrogen (secondary N) is 1. The van der Waals surface area contributed by atoms with Gasteiger partial charge in [0.25, 0.3) is 0 Å². The number of urea groups is 1. The number of nitrogens with zero attached hydrogens (tertiary/aromatic N) is 4. The first-order valence-corrected chi connectivity index (χ1v) is 11.0. The molecule has 4 aliphatic heterocycles. The van der Waals surface area contributed by atoms with E-state index in [-0.39, 0.29) is 33.3 Å². The predicted molar refractivity (Wildman–Crippen MR) is 122 cm³/mol. The van der Waals surface area contributed by atoms with Crippen molar-refractivity contribution in [2.45, 2.75) is 23.9 Å². The van der Waals surface area contributed by atoms with E-state index in [1.165, 1.54) is 17.4 Å². The van der Waals surface area contributed by atoms with E-state index in [9.17, 15) is 9.59 Å². The van der Waals surface area contributed by atoms with E-state index in [0.717, 1.165) is 31.7 Å². The Hall–Kier alpha value is -1.87. The maximum Gasteiger partial charge on any atom is 0.423 e. The van der Waals surface area contributed by atoms with Gasteiger partial charge in [-0.05, 0) is 19.2 Å². The number of amides is 2. The average Bonchev–Trinajstić information content (AvgIpc) is 3.06. The first kappa shape index (κ1) is 21.4. The summed E-state index contributed by atoms with van der Waals surface area (Å²) in [6, 6.07) is 8.45. The lowest BCUT2D eigenvalue weighted by molar-refractivity contribution is -0.870. The molecule has 7 nitrogen and oxygen atoms in total. The molecule has 1 spiro atoms. The summed E-state index contributed by atoms with van der Waals surface area (Å²) in [4.78, 5) is 35.0. The molecule has 0 aromatic heterocycles. The van der Waals surface area contributed by atoms with Crippen molar-refractivity contribution in [1.29, 1.82) is 0 Å². The van der Waals surface area contributed by atoms with Gasteiger partial charge in [0.2, 0.25) is 5.66 Å². The Kier molecular flexibility index (Phi) is 5.69. The van der Waals surface area contributed by atoms with Gasteiger partial charge in [0.05, 0.1) is 6.42 Å². The molecule has 1 N–H and O–H groups in total. The van der Waals surface area contributed by atoms with Crippen LogP contribution >= 0.6 is 24.2 Å². The molecule has 0 radical (unpaired) electrons. The summed E-state index contributed by atoms with van der Waals surface area (Å²) < 4.78 is 0.0424. The van der Waals surface area contributed by atoms with Crippen LogP contribution in [0.25, 0.3) is 0 Å². The zero-order valence-corrected chi connectivity index (χ0v) is 18.6. The van der Waals surface area contributed by atoms with E-state index in [2.05, 4.69) is 46.4 Å². The minimum Gasteiger partial charge on any atom is -0.369 e. The SMILES string of the molecule is CN1CCN(c2ccc(C[N+]34C=CC=NC35CC(=O)SC5CNC4=O)cc2)CC1.Cl. The third kappa shape index (κ3) is 3.26. The number of aliphatic imine (C=N–C) groups is 1. The fourth-order valence-electron chi connectivity index (χ4n) is 4.93. The quantitative estimate of drug-likeness (QED) is 0.718. The number of benzene rings is 1. The Balaban J connectivity index is 0.00000218. The number of piperazine rings is 1. The highest BCUT2D eigenvalue weighted by Gasteiger charge is 2.68. The van der Waals surface area contributed by atoms with Crippen LogP contribution in [-0.4, -0.2) is 77.4 Å². The van der Waals surface area contributed by atoms with Crippen LogP contribution in [0.4, 0.5) is 10.5 Å². The molecule has 1 aromatic rings. The first-order chi connectivity index (χ1) is 14.0. The van der Waals surface area contributed by atoms with E-state index in [4.69, 9.17) is 4.99 Å². The van der Waals surface area contributed by atoms with Gasteiger partial charge in [0, 0.05) is 56.3 Å². The number of carbonyl (C=O) groups excluding carboxylic acids is 2. The minimum absolute atomic E-state index is 0. The van der Waals surface area contributed by atoms with Gasteiger partial charge in [-0.2, -0.15) is 4.48 Å². The third-order valence-corrected chi connectivity index (χ3v) is 7.88. The molecule has 0 aliphatic carbocycles. The average molecular weight is 449 g/mol. The monoisotopic (exact) mass is 448 g/mol. The predicted octanol–water partition coefficient (Wildman–Crippen LogP) is 2.23. The topological polar surface area (TPSA) is 65.0 Å². The Bertz CT molecular complexity index is 899. The summed E-state index contributed by atoms with van der Waals surface area (Å²) in [5.41, 5.74) is 1.56. The lowest BCUT2D eigenvalue weighted by Gasteiger charge is -2.50. The van der Waals surface area contributed by atoms with Crippen molar-refractivity contribution in [3.8, 4) is 0 Å². The second-order valence-corrected chi connectivity index (χ2v) is 9.58. The summed E-state index contributed by atoms with van der Waals surface area (Å²) in [5, 5.41) is 3.11. The summed E-state index contributed by atoms with van der Waals surface area (Å²) in [7, 11) is 2.15. The molecule has 9 heteroatoms. The van der Waals surface area contributed by atoms with Crippen LogP contribution in [0.1, 0.15) is 12.0 Å². The molecule has 160 valence electrons. The number of carbonyl (C=O) groups is 2. The van der Waals surface area contributed by atoms with E-state index in [1.807, 2.05) is 12.3 Å². The largest absolute Gasteiger partial charge is 0.423 e. The van der Waals surface area contributed by atoms with Gasteiger partial charge in [0.15, 0.2) is 5.12 Å². The lowest BCUT2D eigenvalue weighted by atomic mass is 9.93. The molecule has 30 heavy (non-hydrogen) atoms. The molecular formula is C21H27ClN5O2S+. The standard InChI is InChI=1S/C21H25N5O2S.ClH/c1-24-8-10-25(11-9-24)17-5-3-16(4-6-17)15-26-12-2-7-23-21(26)13-19(27)29-18(21)14-22-20(26)28;/h2-7,12,18H,8-11,13-15H2,1H3;1H/p+1. The highest BCUT2D eigenvalue weighted by atomic mass is 35.5. The second kappa shape index (κ2) is 8.00. The Morgan fingerprint density at radius 3 is 2.67 bits per heavy atom. The zero-order chi connectivity index (χ0) is 20.1. The number of likely N-dealkylation sites (N-methyl/N-ethyl adjacent to an activating group) is 1. The third-order valence-electron chi connectivity index (χ3n) is 6.65. The van der Waals surface area contributed by atoms with Crippen LogP contribution in [0.3, 0.4) is 0 Å². The highest BCUT2D eigenvalue weighted by Crippen LogP contribution is 2.50. The molecule has 3 saturated heterocycles. The van der Waals surface area contributed by atoms with E-state index < -0.39 is 5.66 Å². The Labute approximate surface area is 187 Å². The number of halogens is 1. The fourth-order valence-corrected chi connectivity index (χ4v) is 6.23. The summed E-state index contributed by atoms with van der Waals surface area (Å²) >= 11 is 1.33. The van der Waals surface area contributed by atoms with Crippen molar-refractivity contribution in [2.24, 2.45) is 4.99 Å². The van der Waals surface area contributed by atoms with Crippen molar-refractivity contribution in [3.05, 3.63) is 42.1 Å². The molecule has 1 aromatic carbocycles. The first-order valence-electron chi connectivity index (χ1n) is 10.1. The molecule has 2 amide bonds. The number of rotatable bonds is 3. The lowest BCUT2D eigenvalue weighted by Crippen LogP contribution is -2.74.